The molecule has 0 N–H and O–H groups in total. The molecular formula is C22H33N3OS. The monoisotopic (exact) mass is 387 g/mol. The summed E-state index contributed by atoms with van der Waals surface area (Å²) in [6, 6.07) is 11.4. The highest BCUT2D eigenvalue weighted by Crippen LogP contribution is 2.28. The molecule has 0 aliphatic carbocycles. The van der Waals surface area contributed by atoms with Gasteiger partial charge in [0.05, 0.1) is 0 Å². The van der Waals surface area contributed by atoms with E-state index in [-0.39, 0.29) is 0 Å². The van der Waals surface area contributed by atoms with E-state index in [2.05, 4.69) is 56.8 Å². The molecule has 1 aromatic rings. The molecule has 3 heterocycles. The van der Waals surface area contributed by atoms with Gasteiger partial charge >= 0.3 is 0 Å². The van der Waals surface area contributed by atoms with Crippen LogP contribution in [0.3, 0.4) is 0 Å². The molecule has 3 aliphatic rings. The average Bonchev–Trinajstić information content (AvgIpc) is 3.28. The maximum Gasteiger partial charge on any atom is 0.222 e. The molecule has 0 bridgehead atoms. The van der Waals surface area contributed by atoms with Crippen molar-refractivity contribution in [1.82, 2.24) is 9.80 Å². The third kappa shape index (κ3) is 5.00. The number of carbonyl (C=O) groups is 1. The molecule has 1 atom stereocenters. The van der Waals surface area contributed by atoms with Crippen LogP contribution in [0.5, 0.6) is 0 Å². The predicted octanol–water partition coefficient (Wildman–Crippen LogP) is 3.33. The van der Waals surface area contributed by atoms with Crippen LogP contribution in [0.1, 0.15) is 32.1 Å². The van der Waals surface area contributed by atoms with Crippen LogP contribution in [0.15, 0.2) is 30.3 Å². The van der Waals surface area contributed by atoms with Gasteiger partial charge in [-0.3, -0.25) is 9.69 Å². The number of para-hydroxylation sites is 1. The second-order valence-electron chi connectivity index (χ2n) is 8.24. The fraction of sp³-hybridized carbons (Fsp3) is 0.682. The van der Waals surface area contributed by atoms with Gasteiger partial charge in [0.1, 0.15) is 0 Å². The molecule has 3 aliphatic heterocycles. The summed E-state index contributed by atoms with van der Waals surface area (Å²) in [5.74, 6) is 3.80. The lowest BCUT2D eigenvalue weighted by Crippen LogP contribution is -2.49. The minimum atomic E-state index is 0.373. The number of amides is 1. The second kappa shape index (κ2) is 9.33. The van der Waals surface area contributed by atoms with Crippen molar-refractivity contribution >= 4 is 23.4 Å². The topological polar surface area (TPSA) is 26.8 Å². The predicted molar refractivity (Wildman–Crippen MR) is 114 cm³/mol. The maximum atomic E-state index is 12.7. The number of hydrogen-bond acceptors (Lipinski definition) is 4. The van der Waals surface area contributed by atoms with Crippen molar-refractivity contribution in [3.05, 3.63) is 30.3 Å². The van der Waals surface area contributed by atoms with E-state index in [0.717, 1.165) is 51.0 Å². The molecule has 4 rings (SSSR count). The molecule has 0 radical (unpaired) electrons. The van der Waals surface area contributed by atoms with E-state index in [0.29, 0.717) is 5.91 Å². The zero-order chi connectivity index (χ0) is 18.5. The van der Waals surface area contributed by atoms with Crippen LogP contribution < -0.4 is 4.90 Å². The highest BCUT2D eigenvalue weighted by atomic mass is 32.2. The van der Waals surface area contributed by atoms with Crippen LogP contribution >= 0.6 is 11.8 Å². The fourth-order valence-corrected chi connectivity index (χ4v) is 6.01. The minimum Gasteiger partial charge on any atom is -0.368 e. The lowest BCUT2D eigenvalue weighted by atomic mass is 9.91. The molecule has 5 heteroatoms. The number of likely N-dealkylation sites (tertiary alicyclic amines) is 1. The van der Waals surface area contributed by atoms with E-state index in [1.165, 1.54) is 49.5 Å². The van der Waals surface area contributed by atoms with Crippen molar-refractivity contribution in [2.45, 2.75) is 38.1 Å². The Balaban J connectivity index is 1.15. The van der Waals surface area contributed by atoms with Crippen molar-refractivity contribution in [2.24, 2.45) is 5.92 Å². The normalized spacial score (nSPS) is 25.1. The Morgan fingerprint density at radius 3 is 2.37 bits per heavy atom. The zero-order valence-corrected chi connectivity index (χ0v) is 17.2. The third-order valence-electron chi connectivity index (χ3n) is 6.59. The van der Waals surface area contributed by atoms with Gasteiger partial charge in [0.2, 0.25) is 5.91 Å². The molecule has 0 unspecified atom stereocenters. The quantitative estimate of drug-likeness (QED) is 0.774. The molecule has 1 amide bonds. The van der Waals surface area contributed by atoms with Gasteiger partial charge in [-0.15, -0.1) is 0 Å². The number of carbonyl (C=O) groups excluding carboxylic acids is 1. The molecule has 1 aromatic carbocycles. The molecule has 27 heavy (non-hydrogen) atoms. The Kier molecular flexibility index (Phi) is 6.61. The van der Waals surface area contributed by atoms with Crippen LogP contribution in [-0.2, 0) is 4.79 Å². The van der Waals surface area contributed by atoms with Crippen molar-refractivity contribution in [2.75, 3.05) is 55.7 Å². The van der Waals surface area contributed by atoms with Crippen LogP contribution in [0, 0.1) is 5.92 Å². The average molecular weight is 388 g/mol. The van der Waals surface area contributed by atoms with E-state index in [9.17, 15) is 4.79 Å². The van der Waals surface area contributed by atoms with Gasteiger partial charge in [-0.05, 0) is 62.6 Å². The first-order chi connectivity index (χ1) is 13.3. The number of piperidine rings is 1. The smallest absolute Gasteiger partial charge is 0.222 e. The Hall–Kier alpha value is -1.20. The number of hydrogen-bond donors (Lipinski definition) is 0. The molecule has 4 nitrogen and oxygen atoms in total. The van der Waals surface area contributed by atoms with Crippen molar-refractivity contribution in [3.8, 4) is 0 Å². The Morgan fingerprint density at radius 1 is 0.963 bits per heavy atom. The van der Waals surface area contributed by atoms with Crippen molar-refractivity contribution in [3.63, 3.8) is 0 Å². The van der Waals surface area contributed by atoms with Crippen molar-refractivity contribution < 1.29 is 4.79 Å². The van der Waals surface area contributed by atoms with Gasteiger partial charge in [0.25, 0.3) is 0 Å². The van der Waals surface area contributed by atoms with Crippen molar-refractivity contribution in [1.29, 1.82) is 0 Å². The van der Waals surface area contributed by atoms with E-state index >= 15 is 0 Å². The largest absolute Gasteiger partial charge is 0.368 e. The fourth-order valence-electron chi connectivity index (χ4n) is 4.76. The summed E-state index contributed by atoms with van der Waals surface area (Å²) in [5.41, 5.74) is 1.28. The highest BCUT2D eigenvalue weighted by Gasteiger charge is 2.28. The first-order valence-electron chi connectivity index (χ1n) is 10.7. The SMILES string of the molecule is O=C(CCC1CCN([C@H]2CCSC2)CC1)N1CCN(c2ccccc2)CC1. The lowest BCUT2D eigenvalue weighted by molar-refractivity contribution is -0.131. The number of nitrogens with zero attached hydrogens (tertiary/aromatic N) is 3. The summed E-state index contributed by atoms with van der Waals surface area (Å²) in [7, 11) is 0. The lowest BCUT2D eigenvalue weighted by Gasteiger charge is -2.37. The van der Waals surface area contributed by atoms with E-state index in [1.807, 2.05) is 0 Å². The summed E-state index contributed by atoms with van der Waals surface area (Å²) < 4.78 is 0. The summed E-state index contributed by atoms with van der Waals surface area (Å²) in [4.78, 5) is 19.8. The number of benzene rings is 1. The van der Waals surface area contributed by atoms with E-state index in [1.54, 1.807) is 0 Å². The molecule has 0 aromatic heterocycles. The molecule has 148 valence electrons. The summed E-state index contributed by atoms with van der Waals surface area (Å²) in [5, 5.41) is 0. The second-order valence-corrected chi connectivity index (χ2v) is 9.39. The molecule has 3 fully saturated rings. The van der Waals surface area contributed by atoms with Gasteiger partial charge in [0.15, 0.2) is 0 Å². The van der Waals surface area contributed by atoms with Crippen LogP contribution in [0.4, 0.5) is 5.69 Å². The van der Waals surface area contributed by atoms with E-state index < -0.39 is 0 Å². The van der Waals surface area contributed by atoms with E-state index in [4.69, 9.17) is 0 Å². The molecule has 0 spiro atoms. The summed E-state index contributed by atoms with van der Waals surface area (Å²) in [6.07, 6.45) is 5.79. The van der Waals surface area contributed by atoms with Gasteiger partial charge < -0.3 is 9.80 Å². The van der Waals surface area contributed by atoms with Crippen LogP contribution in [0.2, 0.25) is 0 Å². The van der Waals surface area contributed by atoms with Crippen LogP contribution in [-0.4, -0.2) is 72.5 Å². The summed E-state index contributed by atoms with van der Waals surface area (Å²) in [6.45, 7) is 6.14. The van der Waals surface area contributed by atoms with Gasteiger partial charge in [0, 0.05) is 50.1 Å². The first-order valence-corrected chi connectivity index (χ1v) is 11.8. The molecule has 3 saturated heterocycles. The van der Waals surface area contributed by atoms with Gasteiger partial charge in [-0.2, -0.15) is 11.8 Å². The number of anilines is 1. The number of rotatable bonds is 5. The number of thioether (sulfide) groups is 1. The zero-order valence-electron chi connectivity index (χ0n) is 16.4. The Bertz CT molecular complexity index is 589. The first kappa shape index (κ1) is 19.1. The Labute approximate surface area is 168 Å². The highest BCUT2D eigenvalue weighted by molar-refractivity contribution is 7.99. The minimum absolute atomic E-state index is 0.373. The standard InChI is InChI=1S/C22H33N3OS/c26-22(25-15-13-24(14-16-25)20-4-2-1-3-5-20)7-6-19-8-11-23(12-9-19)21-10-17-27-18-21/h1-5,19,21H,6-18H2/t21-/m0/s1. The van der Waals surface area contributed by atoms with Gasteiger partial charge in [-0.1, -0.05) is 18.2 Å². The molecular weight excluding hydrogens is 354 g/mol. The van der Waals surface area contributed by atoms with Crippen LogP contribution in [0.25, 0.3) is 0 Å². The summed E-state index contributed by atoms with van der Waals surface area (Å²) >= 11 is 2.11. The maximum absolute atomic E-state index is 12.7. The third-order valence-corrected chi connectivity index (χ3v) is 7.74. The Morgan fingerprint density at radius 2 is 1.70 bits per heavy atom. The number of piperazine rings is 1. The van der Waals surface area contributed by atoms with Gasteiger partial charge in [-0.25, -0.2) is 0 Å². The molecule has 0 saturated carbocycles.